The van der Waals surface area contributed by atoms with Crippen LogP contribution in [0.4, 0.5) is 0 Å². The predicted molar refractivity (Wildman–Crippen MR) is 88.5 cm³/mol. The molecule has 1 fully saturated rings. The van der Waals surface area contributed by atoms with Gasteiger partial charge in [-0.2, -0.15) is 0 Å². The van der Waals surface area contributed by atoms with Crippen LogP contribution in [-0.2, 0) is 11.3 Å². The average Bonchev–Trinajstić information content (AvgIpc) is 2.57. The fourth-order valence-corrected chi connectivity index (χ4v) is 2.33. The fraction of sp³-hybridized carbons (Fsp3) is 0.562. The summed E-state index contributed by atoms with van der Waals surface area (Å²) in [6.45, 7) is 6.01. The minimum absolute atomic E-state index is 0.703. The van der Waals surface area contributed by atoms with Crippen LogP contribution in [0, 0.1) is 0 Å². The van der Waals surface area contributed by atoms with E-state index in [1.165, 1.54) is 5.56 Å². The van der Waals surface area contributed by atoms with Crippen molar-refractivity contribution < 1.29 is 9.47 Å². The smallest absolute Gasteiger partial charge is 0.190 e. The number of ether oxygens (including phenoxy) is 2. The molecule has 2 rings (SSSR count). The second kappa shape index (κ2) is 9.27. The van der Waals surface area contributed by atoms with E-state index in [9.17, 15) is 0 Å². The highest BCUT2D eigenvalue weighted by molar-refractivity contribution is 5.79. The van der Waals surface area contributed by atoms with Crippen LogP contribution < -0.4 is 15.4 Å². The minimum Gasteiger partial charge on any atom is -0.492 e. The van der Waals surface area contributed by atoms with Crippen LogP contribution in [0.1, 0.15) is 5.56 Å². The molecular formula is C16H26N4O2. The molecule has 0 aromatic heterocycles. The van der Waals surface area contributed by atoms with Gasteiger partial charge in [-0.1, -0.05) is 12.1 Å². The van der Waals surface area contributed by atoms with Crippen molar-refractivity contribution in [2.24, 2.45) is 4.99 Å². The molecule has 0 saturated carbocycles. The van der Waals surface area contributed by atoms with Crippen molar-refractivity contribution in [3.8, 4) is 5.75 Å². The van der Waals surface area contributed by atoms with Crippen LogP contribution >= 0.6 is 0 Å². The largest absolute Gasteiger partial charge is 0.492 e. The third kappa shape index (κ3) is 5.54. The molecule has 6 heteroatoms. The zero-order valence-corrected chi connectivity index (χ0v) is 13.5. The van der Waals surface area contributed by atoms with Crippen molar-refractivity contribution in [2.75, 3.05) is 53.6 Å². The van der Waals surface area contributed by atoms with Crippen LogP contribution in [0.2, 0.25) is 0 Å². The van der Waals surface area contributed by atoms with Crippen molar-refractivity contribution in [2.45, 2.75) is 6.54 Å². The lowest BCUT2D eigenvalue weighted by Crippen LogP contribution is -2.38. The first-order valence-electron chi connectivity index (χ1n) is 7.72. The highest BCUT2D eigenvalue weighted by Crippen LogP contribution is 2.13. The van der Waals surface area contributed by atoms with Gasteiger partial charge in [-0.15, -0.1) is 0 Å². The van der Waals surface area contributed by atoms with Crippen LogP contribution in [-0.4, -0.2) is 64.4 Å². The molecule has 1 aromatic carbocycles. The SMILES string of the molecule is CN=C(NC)NCc1cccc(OCCN2CCOCC2)c1. The molecule has 6 nitrogen and oxygen atoms in total. The lowest BCUT2D eigenvalue weighted by molar-refractivity contribution is 0.0322. The maximum atomic E-state index is 5.85. The van der Waals surface area contributed by atoms with Gasteiger partial charge in [0, 0.05) is 40.3 Å². The summed E-state index contributed by atoms with van der Waals surface area (Å²) in [5.41, 5.74) is 1.17. The van der Waals surface area contributed by atoms with Gasteiger partial charge in [0.2, 0.25) is 0 Å². The van der Waals surface area contributed by atoms with E-state index in [0.717, 1.165) is 44.6 Å². The molecule has 1 heterocycles. The zero-order chi connectivity index (χ0) is 15.6. The van der Waals surface area contributed by atoms with Crippen molar-refractivity contribution in [1.82, 2.24) is 15.5 Å². The molecule has 22 heavy (non-hydrogen) atoms. The Hall–Kier alpha value is -1.79. The Balaban J connectivity index is 1.75. The molecule has 1 aromatic rings. The van der Waals surface area contributed by atoms with E-state index >= 15 is 0 Å². The second-order valence-corrected chi connectivity index (χ2v) is 5.13. The quantitative estimate of drug-likeness (QED) is 0.598. The molecular weight excluding hydrogens is 280 g/mol. The van der Waals surface area contributed by atoms with Gasteiger partial charge < -0.3 is 20.1 Å². The second-order valence-electron chi connectivity index (χ2n) is 5.13. The molecule has 1 saturated heterocycles. The van der Waals surface area contributed by atoms with Crippen molar-refractivity contribution in [3.05, 3.63) is 29.8 Å². The predicted octanol–water partition coefficient (Wildman–Crippen LogP) is 0.692. The lowest BCUT2D eigenvalue weighted by atomic mass is 10.2. The number of morpholine rings is 1. The molecule has 2 N–H and O–H groups in total. The standard InChI is InChI=1S/C16H26N4O2/c1-17-16(18-2)19-13-14-4-3-5-15(12-14)22-11-8-20-6-9-21-10-7-20/h3-5,12H,6-11,13H2,1-2H3,(H2,17,18,19). The number of aliphatic imine (C=N–C) groups is 1. The average molecular weight is 306 g/mol. The molecule has 1 aliphatic heterocycles. The first-order valence-corrected chi connectivity index (χ1v) is 7.72. The number of rotatable bonds is 6. The maximum absolute atomic E-state index is 5.85. The Kier molecular flexibility index (Phi) is 6.99. The third-order valence-corrected chi connectivity index (χ3v) is 3.60. The molecule has 0 spiro atoms. The molecule has 0 unspecified atom stereocenters. The van der Waals surface area contributed by atoms with Crippen LogP contribution in [0.25, 0.3) is 0 Å². The van der Waals surface area contributed by atoms with Crippen LogP contribution in [0.3, 0.4) is 0 Å². The number of nitrogens with zero attached hydrogens (tertiary/aromatic N) is 2. The Bertz CT molecular complexity index is 473. The van der Waals surface area contributed by atoms with Gasteiger partial charge in [0.25, 0.3) is 0 Å². The summed E-state index contributed by atoms with van der Waals surface area (Å²) in [5.74, 6) is 1.69. The van der Waals surface area contributed by atoms with E-state index in [0.29, 0.717) is 13.2 Å². The summed E-state index contributed by atoms with van der Waals surface area (Å²) in [4.78, 5) is 6.46. The molecule has 0 bridgehead atoms. The van der Waals surface area contributed by atoms with E-state index in [2.05, 4.69) is 32.7 Å². The Morgan fingerprint density at radius 1 is 1.36 bits per heavy atom. The fourth-order valence-electron chi connectivity index (χ4n) is 2.33. The van der Waals surface area contributed by atoms with Gasteiger partial charge >= 0.3 is 0 Å². The summed E-state index contributed by atoms with van der Waals surface area (Å²) in [6.07, 6.45) is 0. The van der Waals surface area contributed by atoms with Gasteiger partial charge in [-0.3, -0.25) is 9.89 Å². The molecule has 0 radical (unpaired) electrons. The molecule has 122 valence electrons. The Labute approximate surface area is 132 Å². The van der Waals surface area contributed by atoms with E-state index in [1.54, 1.807) is 7.05 Å². The minimum atomic E-state index is 0.703. The van der Waals surface area contributed by atoms with E-state index in [1.807, 2.05) is 19.2 Å². The molecule has 0 aliphatic carbocycles. The zero-order valence-electron chi connectivity index (χ0n) is 13.5. The maximum Gasteiger partial charge on any atom is 0.190 e. The van der Waals surface area contributed by atoms with E-state index in [-0.39, 0.29) is 0 Å². The summed E-state index contributed by atoms with van der Waals surface area (Å²) < 4.78 is 11.2. The number of hydrogen-bond donors (Lipinski definition) is 2. The van der Waals surface area contributed by atoms with Crippen LogP contribution in [0.15, 0.2) is 29.3 Å². The van der Waals surface area contributed by atoms with Crippen molar-refractivity contribution in [1.29, 1.82) is 0 Å². The van der Waals surface area contributed by atoms with Gasteiger partial charge in [0.1, 0.15) is 12.4 Å². The number of guanidine groups is 1. The van der Waals surface area contributed by atoms with Crippen molar-refractivity contribution >= 4 is 5.96 Å². The number of nitrogens with one attached hydrogen (secondary N) is 2. The van der Waals surface area contributed by atoms with Gasteiger partial charge in [-0.05, 0) is 17.7 Å². The van der Waals surface area contributed by atoms with Crippen LogP contribution in [0.5, 0.6) is 5.75 Å². The summed E-state index contributed by atoms with van der Waals surface area (Å²) in [7, 11) is 3.60. The Morgan fingerprint density at radius 2 is 2.18 bits per heavy atom. The highest BCUT2D eigenvalue weighted by atomic mass is 16.5. The molecule has 0 amide bonds. The number of hydrogen-bond acceptors (Lipinski definition) is 4. The summed E-state index contributed by atoms with van der Waals surface area (Å²) in [5, 5.41) is 6.23. The molecule has 1 aliphatic rings. The summed E-state index contributed by atoms with van der Waals surface area (Å²) in [6, 6.07) is 8.15. The summed E-state index contributed by atoms with van der Waals surface area (Å²) >= 11 is 0. The first kappa shape index (κ1) is 16.6. The monoisotopic (exact) mass is 306 g/mol. The molecule has 0 atom stereocenters. The Morgan fingerprint density at radius 3 is 2.91 bits per heavy atom. The van der Waals surface area contributed by atoms with Crippen molar-refractivity contribution in [3.63, 3.8) is 0 Å². The number of benzene rings is 1. The highest BCUT2D eigenvalue weighted by Gasteiger charge is 2.09. The topological polar surface area (TPSA) is 58.1 Å². The van der Waals surface area contributed by atoms with E-state index < -0.39 is 0 Å². The lowest BCUT2D eigenvalue weighted by Gasteiger charge is -2.26. The van der Waals surface area contributed by atoms with Gasteiger partial charge in [-0.25, -0.2) is 0 Å². The van der Waals surface area contributed by atoms with Gasteiger partial charge in [0.15, 0.2) is 5.96 Å². The normalized spacial score (nSPS) is 16.4. The third-order valence-electron chi connectivity index (χ3n) is 3.60. The van der Waals surface area contributed by atoms with E-state index in [4.69, 9.17) is 9.47 Å². The van der Waals surface area contributed by atoms with Gasteiger partial charge in [0.05, 0.1) is 13.2 Å². The first-order chi connectivity index (χ1) is 10.8.